The molecule has 0 saturated carbocycles. The molecule has 2 N–H and O–H groups in total. The van der Waals surface area contributed by atoms with Crippen LogP contribution in [0, 0.1) is 12.7 Å². The molecule has 16 nitrogen and oxygen atoms in total. The number of nitrogens with zero attached hydrogens (tertiary/aromatic N) is 6. The Morgan fingerprint density at radius 1 is 0.653 bits per heavy atom. The Morgan fingerprint density at radius 2 is 1.31 bits per heavy atom. The predicted octanol–water partition coefficient (Wildman–Crippen LogP) is 13.3. The molecule has 0 radical (unpaired) electrons. The lowest BCUT2D eigenvalue weighted by Gasteiger charge is -2.44. The minimum Gasteiger partial charge on any atom is -0.446 e. The first-order chi connectivity index (χ1) is 46.9. The van der Waals surface area contributed by atoms with Gasteiger partial charge < -0.3 is 48.9 Å². The van der Waals surface area contributed by atoms with Gasteiger partial charge in [0.2, 0.25) is 11.8 Å². The summed E-state index contributed by atoms with van der Waals surface area (Å²) in [5.74, 6) is -1.82. The van der Waals surface area contributed by atoms with Gasteiger partial charge in [0.15, 0.2) is 0 Å². The first kappa shape index (κ1) is 72.4. The van der Waals surface area contributed by atoms with Gasteiger partial charge in [-0.3, -0.25) is 24.5 Å². The van der Waals surface area contributed by atoms with E-state index in [1.807, 2.05) is 98.9 Å². The number of piperidine rings is 2. The summed E-state index contributed by atoms with van der Waals surface area (Å²) in [5, 5.41) is 6.42. The van der Waals surface area contributed by atoms with Crippen molar-refractivity contribution < 1.29 is 68.9 Å². The maximum Gasteiger partial charge on any atom is 0.416 e. The number of hydrogen-bond donors (Lipinski definition) is 2. The van der Waals surface area contributed by atoms with Gasteiger partial charge in [-0.15, -0.1) is 0 Å². The second kappa shape index (κ2) is 32.1. The van der Waals surface area contributed by atoms with Crippen LogP contribution in [0.4, 0.5) is 46.9 Å². The molecule has 4 aliphatic rings. The van der Waals surface area contributed by atoms with Gasteiger partial charge in [0.05, 0.1) is 29.5 Å². The maximum atomic E-state index is 14.2. The fourth-order valence-corrected chi connectivity index (χ4v) is 14.0. The lowest BCUT2D eigenvalue weighted by atomic mass is 9.72. The van der Waals surface area contributed by atoms with Crippen LogP contribution < -0.4 is 10.6 Å². The van der Waals surface area contributed by atoms with Gasteiger partial charge in [-0.1, -0.05) is 91.3 Å². The average Bonchev–Trinajstić information content (AvgIpc) is 1.58. The molecule has 1 spiro atoms. The van der Waals surface area contributed by atoms with Crippen LogP contribution >= 0.6 is 0 Å². The van der Waals surface area contributed by atoms with E-state index in [0.717, 1.165) is 96.7 Å². The van der Waals surface area contributed by atoms with E-state index in [9.17, 15) is 54.7 Å². The summed E-state index contributed by atoms with van der Waals surface area (Å²) in [5.41, 5.74) is 2.18. The summed E-state index contributed by atoms with van der Waals surface area (Å²) in [6, 6.07) is 37.6. The number of aryl methyl sites for hydroxylation is 1. The zero-order valence-corrected chi connectivity index (χ0v) is 56.0. The fraction of sp³-hybridized carbons (Fsp3) is 0.453. The minimum atomic E-state index is -5.15. The molecule has 524 valence electrons. The van der Waals surface area contributed by atoms with Crippen molar-refractivity contribution in [3.05, 3.63) is 190 Å². The van der Waals surface area contributed by atoms with Crippen molar-refractivity contribution in [2.24, 2.45) is 0 Å². The van der Waals surface area contributed by atoms with E-state index in [0.29, 0.717) is 100 Å². The Balaban J connectivity index is 0.611. The molecular weight excluding hydrogens is 1270 g/mol. The zero-order chi connectivity index (χ0) is 69.8. The summed E-state index contributed by atoms with van der Waals surface area (Å²) in [6.07, 6.45) is -4.03. The van der Waals surface area contributed by atoms with E-state index in [4.69, 9.17) is 14.2 Å². The fourth-order valence-electron chi connectivity index (χ4n) is 14.0. The molecule has 3 heterocycles. The van der Waals surface area contributed by atoms with Gasteiger partial charge >= 0.3 is 18.4 Å². The van der Waals surface area contributed by atoms with Gasteiger partial charge in [0, 0.05) is 108 Å². The number of hydrogen-bond acceptors (Lipinski definition) is 11. The van der Waals surface area contributed by atoms with Crippen molar-refractivity contribution in [2.45, 2.75) is 113 Å². The maximum absolute atomic E-state index is 14.2. The number of unbranched alkanes of at least 4 members (excludes halogenated alkanes) is 2. The molecule has 3 aliphatic heterocycles. The molecule has 10 rings (SSSR count). The number of anilines is 2. The molecule has 6 aromatic rings. The highest BCUT2D eigenvalue weighted by Gasteiger charge is 2.50. The number of likely N-dealkylation sites (tertiary alicyclic amines) is 2. The van der Waals surface area contributed by atoms with Crippen LogP contribution in [0.15, 0.2) is 140 Å². The Kier molecular flexibility index (Phi) is 23.7. The third-order valence-corrected chi connectivity index (χ3v) is 19.8. The van der Waals surface area contributed by atoms with Crippen LogP contribution in [0.5, 0.6) is 0 Å². The highest BCUT2D eigenvalue weighted by atomic mass is 19.4. The van der Waals surface area contributed by atoms with Gasteiger partial charge in [-0.05, 0) is 160 Å². The number of likely N-dealkylation sites (N-methyl/N-ethyl adjacent to an activating group) is 2. The molecule has 2 atom stereocenters. The number of halogens is 7. The zero-order valence-electron chi connectivity index (χ0n) is 56.0. The summed E-state index contributed by atoms with van der Waals surface area (Å²) >= 11 is 0. The van der Waals surface area contributed by atoms with E-state index in [-0.39, 0.29) is 55.6 Å². The summed E-state index contributed by atoms with van der Waals surface area (Å²) in [4.78, 5) is 77.6. The number of carbonyl (C=O) groups is 5. The molecule has 3 saturated heterocycles. The number of benzene rings is 6. The Labute approximate surface area is 568 Å². The van der Waals surface area contributed by atoms with Gasteiger partial charge in [0.1, 0.15) is 30.9 Å². The third-order valence-electron chi connectivity index (χ3n) is 19.8. The van der Waals surface area contributed by atoms with E-state index in [1.165, 1.54) is 24.3 Å². The van der Waals surface area contributed by atoms with E-state index in [1.54, 1.807) is 28.8 Å². The summed E-state index contributed by atoms with van der Waals surface area (Å²) < 4.78 is 116. The van der Waals surface area contributed by atoms with Crippen LogP contribution in [-0.4, -0.2) is 178 Å². The molecular formula is C75H87F7N8O8. The molecule has 3 fully saturated rings. The van der Waals surface area contributed by atoms with Gasteiger partial charge in [0.25, 0.3) is 11.8 Å². The number of ether oxygens (including phenoxy) is 3. The predicted molar refractivity (Wildman–Crippen MR) is 360 cm³/mol. The monoisotopic (exact) mass is 1360 g/mol. The quantitative estimate of drug-likeness (QED) is 0.0394. The van der Waals surface area contributed by atoms with Gasteiger partial charge in [-0.2, -0.15) is 26.3 Å². The van der Waals surface area contributed by atoms with Crippen LogP contribution in [0.25, 0.3) is 11.1 Å². The van der Waals surface area contributed by atoms with E-state index >= 15 is 0 Å². The third kappa shape index (κ3) is 18.1. The highest BCUT2D eigenvalue weighted by molar-refractivity contribution is 5.96. The molecule has 23 heteroatoms. The van der Waals surface area contributed by atoms with Crippen molar-refractivity contribution in [1.29, 1.82) is 0 Å². The molecule has 0 aromatic heterocycles. The largest absolute Gasteiger partial charge is 0.446 e. The first-order valence-corrected chi connectivity index (χ1v) is 33.7. The molecule has 5 amide bonds. The van der Waals surface area contributed by atoms with Crippen LogP contribution in [-0.2, 0) is 53.6 Å². The second-order valence-corrected chi connectivity index (χ2v) is 26.4. The van der Waals surface area contributed by atoms with Crippen molar-refractivity contribution in [3.63, 3.8) is 0 Å². The summed E-state index contributed by atoms with van der Waals surface area (Å²) in [7, 11) is 5.32. The van der Waals surface area contributed by atoms with Crippen molar-refractivity contribution in [2.75, 3.05) is 117 Å². The van der Waals surface area contributed by atoms with Crippen LogP contribution in [0.3, 0.4) is 0 Å². The smallest absolute Gasteiger partial charge is 0.416 e. The summed E-state index contributed by atoms with van der Waals surface area (Å²) in [6.45, 7) is 7.27. The Morgan fingerprint density at radius 3 is 2.01 bits per heavy atom. The second-order valence-electron chi connectivity index (χ2n) is 26.4. The van der Waals surface area contributed by atoms with E-state index in [2.05, 4.69) is 32.6 Å². The minimum absolute atomic E-state index is 0.0281. The topological polar surface area (TPSA) is 157 Å². The Hall–Kier alpha value is -8.38. The highest BCUT2D eigenvalue weighted by Crippen LogP contribution is 2.49. The molecule has 98 heavy (non-hydrogen) atoms. The number of amides is 5. The average molecular weight is 1360 g/mol. The van der Waals surface area contributed by atoms with Crippen LogP contribution in [0.2, 0.25) is 0 Å². The molecule has 1 aliphatic carbocycles. The lowest BCUT2D eigenvalue weighted by Crippen LogP contribution is -2.50. The molecule has 0 unspecified atom stereocenters. The van der Waals surface area contributed by atoms with Crippen LogP contribution in [0.1, 0.15) is 118 Å². The molecule has 0 bridgehead atoms. The number of fused-ring (bicyclic) bond motifs is 2. The van der Waals surface area contributed by atoms with Crippen molar-refractivity contribution in [1.82, 2.24) is 29.4 Å². The number of alkyl halides is 6. The number of para-hydroxylation sites is 1. The first-order valence-electron chi connectivity index (χ1n) is 33.7. The van der Waals surface area contributed by atoms with Crippen molar-refractivity contribution >= 4 is 41.1 Å². The Bertz CT molecular complexity index is 3700. The number of carbonyl (C=O) groups excluding carboxylic acids is 5. The number of nitrogens with one attached hydrogen (secondary N) is 2. The number of rotatable bonds is 26. The lowest BCUT2D eigenvalue weighted by molar-refractivity contribution is -0.143. The normalized spacial score (nSPS) is 18.1. The van der Waals surface area contributed by atoms with Gasteiger partial charge in [-0.25, -0.2) is 9.18 Å². The van der Waals surface area contributed by atoms with Crippen molar-refractivity contribution in [3.8, 4) is 11.1 Å². The standard InChI is InChI=1S/C75H87F7N8O8/c1-52-44-55(23-28-64(52)83-34-14-6-9-22-67(91)86(3)42-43-88-37-29-61(30-38-88)98-71(95)84-65-21-13-11-19-62(65)53-16-7-5-8-17-53)69(93)87(4)36-15-35-85(2)68(92)49-96-66-47-54-18-10-12-20-63(54)72(66)31-39-89(40-32-72)41-33-73(57-24-26-60(76)27-25-57)50-90(51-97-73)70(94)56-45-58(74(77,78)79)48-59(46-56)75(80,81)82/h5,7-8,10-13,16-21,23-28,44-46,48,61,66,83H,6,9,14-15,22,29-43,47,49-51H2,1-4H3,(H,84,95)/t66-,73+/m0/s1. The van der Waals surface area contributed by atoms with E-state index < -0.39 is 64.6 Å². The molecule has 6 aromatic carbocycles. The SMILES string of the molecule is Cc1cc(C(=O)N(C)CCCN(C)C(=O)CO[C@H]2Cc3ccccc3C23CCN(CC[C@]2(c4ccc(F)cc4)CN(C(=O)c4cc(C(F)(F)F)cc(C(F)(F)F)c4)CO2)CC3)ccc1NCCCCCC(=O)N(C)CCN1CCC(OC(=O)Nc2ccccc2-c2ccccc2)CC1.